The molecule has 0 spiro atoms. The molecular formula is C10H19NO3. The summed E-state index contributed by atoms with van der Waals surface area (Å²) in [5.41, 5.74) is 0. The maximum absolute atomic E-state index is 11.3. The van der Waals surface area contributed by atoms with E-state index in [9.17, 15) is 4.79 Å². The minimum Gasteiger partial charge on any atom is -0.394 e. The molecule has 1 unspecified atom stereocenters. The second-order valence-corrected chi connectivity index (χ2v) is 3.66. The van der Waals surface area contributed by atoms with Crippen LogP contribution in [0, 0.1) is 0 Å². The predicted molar refractivity (Wildman–Crippen MR) is 52.9 cm³/mol. The average molecular weight is 201 g/mol. The molecule has 0 aromatic carbocycles. The Kier molecular flexibility index (Phi) is 4.90. The lowest BCUT2D eigenvalue weighted by atomic mass is 10.0. The van der Waals surface area contributed by atoms with Gasteiger partial charge < -0.3 is 14.7 Å². The van der Waals surface area contributed by atoms with E-state index in [-0.39, 0.29) is 18.6 Å². The third-order valence-corrected chi connectivity index (χ3v) is 2.58. The number of carbonyl (C=O) groups excluding carboxylic acids is 1. The molecule has 14 heavy (non-hydrogen) atoms. The van der Waals surface area contributed by atoms with Crippen molar-refractivity contribution in [2.75, 3.05) is 26.4 Å². The summed E-state index contributed by atoms with van der Waals surface area (Å²) >= 11 is 0. The van der Waals surface area contributed by atoms with Crippen molar-refractivity contribution in [3.05, 3.63) is 0 Å². The zero-order valence-corrected chi connectivity index (χ0v) is 8.74. The number of amides is 1. The van der Waals surface area contributed by atoms with Crippen molar-refractivity contribution in [1.82, 2.24) is 4.90 Å². The van der Waals surface area contributed by atoms with Crippen molar-refractivity contribution in [3.63, 3.8) is 0 Å². The number of ether oxygens (including phenoxy) is 1. The van der Waals surface area contributed by atoms with Crippen LogP contribution >= 0.6 is 0 Å². The Balaban J connectivity index is 2.34. The summed E-state index contributed by atoms with van der Waals surface area (Å²) in [5, 5.41) is 8.57. The second-order valence-electron chi connectivity index (χ2n) is 3.66. The summed E-state index contributed by atoms with van der Waals surface area (Å²) in [5.74, 6) is 0.127. The molecule has 1 N–H and O–H groups in total. The standard InChI is InChI=1S/C10H19NO3/c1-9(13)11-5-3-2-4-10(11)8-14-7-6-12/h10,12H,2-8H2,1H3. The van der Waals surface area contributed by atoms with Gasteiger partial charge in [0.25, 0.3) is 0 Å². The number of aliphatic hydroxyl groups is 1. The smallest absolute Gasteiger partial charge is 0.219 e. The number of aliphatic hydroxyl groups excluding tert-OH is 1. The van der Waals surface area contributed by atoms with E-state index in [1.54, 1.807) is 6.92 Å². The quantitative estimate of drug-likeness (QED) is 0.670. The lowest BCUT2D eigenvalue weighted by Gasteiger charge is -2.34. The highest BCUT2D eigenvalue weighted by molar-refractivity contribution is 5.73. The molecule has 82 valence electrons. The summed E-state index contributed by atoms with van der Waals surface area (Å²) in [7, 11) is 0. The van der Waals surface area contributed by atoms with E-state index in [4.69, 9.17) is 9.84 Å². The molecule has 1 rings (SSSR count). The highest BCUT2D eigenvalue weighted by Gasteiger charge is 2.23. The summed E-state index contributed by atoms with van der Waals surface area (Å²) in [4.78, 5) is 13.1. The first-order valence-electron chi connectivity index (χ1n) is 5.21. The Bertz CT molecular complexity index is 184. The Morgan fingerprint density at radius 3 is 3.00 bits per heavy atom. The lowest BCUT2D eigenvalue weighted by molar-refractivity contribution is -0.134. The lowest BCUT2D eigenvalue weighted by Crippen LogP contribution is -2.45. The van der Waals surface area contributed by atoms with Crippen LogP contribution in [0.25, 0.3) is 0 Å². The average Bonchev–Trinajstić information content (AvgIpc) is 2.19. The SMILES string of the molecule is CC(=O)N1CCCCC1COCCO. The molecule has 4 nitrogen and oxygen atoms in total. The maximum Gasteiger partial charge on any atom is 0.219 e. The molecule has 1 aliphatic rings. The van der Waals surface area contributed by atoms with Crippen LogP contribution in [0.3, 0.4) is 0 Å². The fourth-order valence-electron chi connectivity index (χ4n) is 1.87. The van der Waals surface area contributed by atoms with E-state index in [1.165, 1.54) is 0 Å². The number of rotatable bonds is 4. The molecule has 1 heterocycles. The number of hydrogen-bond acceptors (Lipinski definition) is 3. The van der Waals surface area contributed by atoms with Crippen LogP contribution in [0.1, 0.15) is 26.2 Å². The van der Waals surface area contributed by atoms with Crippen molar-refractivity contribution in [2.24, 2.45) is 0 Å². The number of likely N-dealkylation sites (tertiary alicyclic amines) is 1. The summed E-state index contributed by atoms with van der Waals surface area (Å²) in [6, 6.07) is 0.216. The molecule has 4 heteroatoms. The summed E-state index contributed by atoms with van der Waals surface area (Å²) in [6.07, 6.45) is 3.28. The van der Waals surface area contributed by atoms with Crippen LogP contribution in [-0.2, 0) is 9.53 Å². The fourth-order valence-corrected chi connectivity index (χ4v) is 1.87. The van der Waals surface area contributed by atoms with E-state index in [2.05, 4.69) is 0 Å². The minimum absolute atomic E-state index is 0.0484. The molecule has 0 aliphatic carbocycles. The van der Waals surface area contributed by atoms with Crippen molar-refractivity contribution >= 4 is 5.91 Å². The van der Waals surface area contributed by atoms with Gasteiger partial charge in [0.05, 0.1) is 25.9 Å². The van der Waals surface area contributed by atoms with Gasteiger partial charge in [-0.2, -0.15) is 0 Å². The first kappa shape index (κ1) is 11.5. The predicted octanol–water partition coefficient (Wildman–Crippen LogP) is 0.396. The van der Waals surface area contributed by atoms with Crippen molar-refractivity contribution < 1.29 is 14.6 Å². The first-order valence-corrected chi connectivity index (χ1v) is 5.21. The van der Waals surface area contributed by atoms with E-state index in [0.29, 0.717) is 13.2 Å². The number of nitrogens with zero attached hydrogens (tertiary/aromatic N) is 1. The van der Waals surface area contributed by atoms with Gasteiger partial charge in [-0.15, -0.1) is 0 Å². The Morgan fingerprint density at radius 1 is 1.57 bits per heavy atom. The molecular weight excluding hydrogens is 182 g/mol. The van der Waals surface area contributed by atoms with E-state index in [0.717, 1.165) is 25.8 Å². The molecule has 1 atom stereocenters. The van der Waals surface area contributed by atoms with Gasteiger partial charge in [0.15, 0.2) is 0 Å². The summed E-state index contributed by atoms with van der Waals surface area (Å²) in [6.45, 7) is 3.42. The molecule has 0 aromatic rings. The van der Waals surface area contributed by atoms with E-state index < -0.39 is 0 Å². The highest BCUT2D eigenvalue weighted by atomic mass is 16.5. The molecule has 0 bridgehead atoms. The Labute approximate surface area is 84.8 Å². The van der Waals surface area contributed by atoms with Gasteiger partial charge in [0.2, 0.25) is 5.91 Å². The van der Waals surface area contributed by atoms with Crippen molar-refractivity contribution in [2.45, 2.75) is 32.2 Å². The molecule has 1 saturated heterocycles. The fraction of sp³-hybridized carbons (Fsp3) is 0.900. The minimum atomic E-state index is 0.0484. The Hall–Kier alpha value is -0.610. The largest absolute Gasteiger partial charge is 0.394 e. The topological polar surface area (TPSA) is 49.8 Å². The van der Waals surface area contributed by atoms with Gasteiger partial charge in [-0.05, 0) is 19.3 Å². The zero-order valence-electron chi connectivity index (χ0n) is 8.74. The molecule has 1 amide bonds. The van der Waals surface area contributed by atoms with E-state index >= 15 is 0 Å². The third-order valence-electron chi connectivity index (χ3n) is 2.58. The van der Waals surface area contributed by atoms with Gasteiger partial charge >= 0.3 is 0 Å². The Morgan fingerprint density at radius 2 is 2.36 bits per heavy atom. The third kappa shape index (κ3) is 3.27. The normalized spacial score (nSPS) is 22.4. The first-order chi connectivity index (χ1) is 6.75. The number of piperidine rings is 1. The van der Waals surface area contributed by atoms with Crippen LogP contribution in [0.2, 0.25) is 0 Å². The van der Waals surface area contributed by atoms with Crippen LogP contribution in [-0.4, -0.2) is 48.3 Å². The molecule has 1 aliphatic heterocycles. The van der Waals surface area contributed by atoms with Gasteiger partial charge in [0.1, 0.15) is 0 Å². The van der Waals surface area contributed by atoms with Gasteiger partial charge in [-0.1, -0.05) is 0 Å². The molecule has 0 aromatic heterocycles. The zero-order chi connectivity index (χ0) is 10.4. The second kappa shape index (κ2) is 5.98. The van der Waals surface area contributed by atoms with Crippen LogP contribution < -0.4 is 0 Å². The van der Waals surface area contributed by atoms with Gasteiger partial charge in [0, 0.05) is 13.5 Å². The molecule has 1 fully saturated rings. The summed E-state index contributed by atoms with van der Waals surface area (Å²) < 4.78 is 5.26. The van der Waals surface area contributed by atoms with Gasteiger partial charge in [-0.3, -0.25) is 4.79 Å². The van der Waals surface area contributed by atoms with Crippen LogP contribution in [0.15, 0.2) is 0 Å². The highest BCUT2D eigenvalue weighted by Crippen LogP contribution is 2.17. The molecule has 0 radical (unpaired) electrons. The number of hydrogen-bond donors (Lipinski definition) is 1. The van der Waals surface area contributed by atoms with Crippen molar-refractivity contribution in [1.29, 1.82) is 0 Å². The van der Waals surface area contributed by atoms with Crippen molar-refractivity contribution in [3.8, 4) is 0 Å². The van der Waals surface area contributed by atoms with E-state index in [1.807, 2.05) is 4.90 Å². The van der Waals surface area contributed by atoms with Crippen LogP contribution in [0.5, 0.6) is 0 Å². The monoisotopic (exact) mass is 201 g/mol. The molecule has 0 saturated carbocycles. The van der Waals surface area contributed by atoms with Crippen LogP contribution in [0.4, 0.5) is 0 Å². The number of carbonyl (C=O) groups is 1. The van der Waals surface area contributed by atoms with Gasteiger partial charge in [-0.25, -0.2) is 0 Å². The maximum atomic E-state index is 11.3.